The molecule has 2 nitrogen and oxygen atoms in total. The second kappa shape index (κ2) is 27.9. The van der Waals surface area contributed by atoms with Crippen LogP contribution in [0.15, 0.2) is 48.5 Å². The molecule has 2 fully saturated rings. The quantitative estimate of drug-likeness (QED) is 0.0777. The first kappa shape index (κ1) is 44.1. The van der Waals surface area contributed by atoms with Gasteiger partial charge in [0, 0.05) is 0 Å². The number of hydrogen-bond acceptors (Lipinski definition) is 2. The van der Waals surface area contributed by atoms with Gasteiger partial charge in [-0.15, -0.1) is 0 Å². The highest BCUT2D eigenvalue weighted by atomic mass is 16.5. The van der Waals surface area contributed by atoms with Gasteiger partial charge >= 0.3 is 0 Å². The van der Waals surface area contributed by atoms with Gasteiger partial charge in [-0.3, -0.25) is 0 Å². The number of ether oxygens (including phenoxy) is 2. The zero-order valence-electron chi connectivity index (χ0n) is 35.2. The van der Waals surface area contributed by atoms with Crippen molar-refractivity contribution >= 4 is 0 Å². The van der Waals surface area contributed by atoms with E-state index in [0.717, 1.165) is 23.7 Å². The summed E-state index contributed by atoms with van der Waals surface area (Å²) in [6.45, 7) is 8.69. The van der Waals surface area contributed by atoms with Crippen molar-refractivity contribution in [2.24, 2.45) is 23.7 Å². The molecule has 0 amide bonds. The maximum Gasteiger partial charge on any atom is 0.0785 e. The highest BCUT2D eigenvalue weighted by molar-refractivity contribution is 5.23. The zero-order valence-corrected chi connectivity index (χ0v) is 35.2. The minimum Gasteiger partial charge on any atom is -0.374 e. The Morgan fingerprint density at radius 2 is 0.774 bits per heavy atom. The average molecular weight is 729 g/mol. The Bertz CT molecular complexity index is 1120. The van der Waals surface area contributed by atoms with E-state index in [9.17, 15) is 0 Å². The third-order valence-corrected chi connectivity index (χ3v) is 13.2. The van der Waals surface area contributed by atoms with Crippen molar-refractivity contribution in [1.29, 1.82) is 0 Å². The lowest BCUT2D eigenvalue weighted by Crippen LogP contribution is -2.15. The van der Waals surface area contributed by atoms with Gasteiger partial charge in [0.2, 0.25) is 0 Å². The Morgan fingerprint density at radius 1 is 0.434 bits per heavy atom. The Hall–Kier alpha value is -1.64. The van der Waals surface area contributed by atoms with Gasteiger partial charge in [-0.1, -0.05) is 216 Å². The van der Waals surface area contributed by atoms with Gasteiger partial charge in [-0.25, -0.2) is 0 Å². The van der Waals surface area contributed by atoms with Crippen molar-refractivity contribution in [3.63, 3.8) is 0 Å². The first-order valence-electron chi connectivity index (χ1n) is 23.5. The topological polar surface area (TPSA) is 18.5 Å². The molecule has 1 unspecified atom stereocenters. The smallest absolute Gasteiger partial charge is 0.0785 e. The fourth-order valence-corrected chi connectivity index (χ4v) is 9.45. The van der Waals surface area contributed by atoms with Crippen LogP contribution < -0.4 is 0 Å². The Morgan fingerprint density at radius 3 is 1.17 bits per heavy atom. The zero-order chi connectivity index (χ0) is 37.2. The molecule has 0 saturated heterocycles. The average Bonchev–Trinajstić information content (AvgIpc) is 3.19. The Labute approximate surface area is 329 Å². The summed E-state index contributed by atoms with van der Waals surface area (Å²) in [6, 6.07) is 18.3. The highest BCUT2D eigenvalue weighted by Crippen LogP contribution is 2.36. The van der Waals surface area contributed by atoms with Gasteiger partial charge in [0.25, 0.3) is 0 Å². The maximum atomic E-state index is 6.14. The lowest BCUT2D eigenvalue weighted by molar-refractivity contribution is -0.0198. The molecule has 2 saturated carbocycles. The van der Waals surface area contributed by atoms with E-state index in [-0.39, 0.29) is 6.10 Å². The van der Waals surface area contributed by atoms with Crippen molar-refractivity contribution in [3.05, 3.63) is 70.8 Å². The molecule has 1 atom stereocenters. The summed E-state index contributed by atoms with van der Waals surface area (Å²) in [7, 11) is 0. The molecular formula is C51H84O2. The SMILES string of the molecule is CCCCCCCC1CCC(CCCCc2ccc(COCC(C)OCc3ccc(CCCCC4CCC(CCCCCCC)CC4)cc3)cc2)CC1. The molecule has 0 aliphatic heterocycles. The van der Waals surface area contributed by atoms with Crippen LogP contribution in [-0.4, -0.2) is 12.7 Å². The van der Waals surface area contributed by atoms with E-state index in [1.807, 2.05) is 0 Å². The molecule has 2 aliphatic rings. The molecule has 0 spiro atoms. The molecule has 2 aromatic carbocycles. The molecule has 0 radical (unpaired) electrons. The third-order valence-electron chi connectivity index (χ3n) is 13.2. The van der Waals surface area contributed by atoms with Gasteiger partial charge in [0.1, 0.15) is 0 Å². The van der Waals surface area contributed by atoms with Gasteiger partial charge in [-0.2, -0.15) is 0 Å². The normalized spacial score (nSPS) is 21.2. The van der Waals surface area contributed by atoms with Crippen molar-refractivity contribution in [2.75, 3.05) is 6.61 Å². The Kier molecular flexibility index (Phi) is 23.2. The lowest BCUT2D eigenvalue weighted by atomic mass is 9.78. The second-order valence-corrected chi connectivity index (χ2v) is 17.9. The van der Waals surface area contributed by atoms with E-state index in [2.05, 4.69) is 69.3 Å². The van der Waals surface area contributed by atoms with Crippen LogP contribution in [-0.2, 0) is 35.5 Å². The summed E-state index contributed by atoms with van der Waals surface area (Å²) in [5.74, 6) is 4.06. The highest BCUT2D eigenvalue weighted by Gasteiger charge is 2.21. The number of unbranched alkanes of at least 4 members (excludes halogenated alkanes) is 10. The van der Waals surface area contributed by atoms with Crippen LogP contribution >= 0.6 is 0 Å². The fraction of sp³-hybridized carbons (Fsp3) is 0.765. The van der Waals surface area contributed by atoms with Gasteiger partial charge in [0.15, 0.2) is 0 Å². The van der Waals surface area contributed by atoms with E-state index in [1.165, 1.54) is 202 Å². The summed E-state index contributed by atoms with van der Waals surface area (Å²) in [5, 5.41) is 0. The molecule has 0 bridgehead atoms. The molecule has 300 valence electrons. The van der Waals surface area contributed by atoms with Crippen molar-refractivity contribution in [3.8, 4) is 0 Å². The molecular weight excluding hydrogens is 645 g/mol. The van der Waals surface area contributed by atoms with Gasteiger partial charge in [0.05, 0.1) is 25.9 Å². The minimum absolute atomic E-state index is 0.0837. The summed E-state index contributed by atoms with van der Waals surface area (Å²) >= 11 is 0. The molecule has 0 N–H and O–H groups in total. The van der Waals surface area contributed by atoms with Crippen LogP contribution in [0.2, 0.25) is 0 Å². The van der Waals surface area contributed by atoms with E-state index in [0.29, 0.717) is 19.8 Å². The maximum absolute atomic E-state index is 6.14. The Balaban J connectivity index is 0.959. The molecule has 2 heteroatoms. The summed E-state index contributed by atoms with van der Waals surface area (Å²) in [5.41, 5.74) is 5.46. The fourth-order valence-electron chi connectivity index (χ4n) is 9.45. The monoisotopic (exact) mass is 729 g/mol. The van der Waals surface area contributed by atoms with Crippen molar-refractivity contribution < 1.29 is 9.47 Å². The standard InChI is InChI=1S/C51H84O2/c1-4-6-8-10-12-18-44-24-28-46(29-25-44)20-14-16-22-48-32-36-50(37-33-48)41-52-40-43(3)53-42-51-38-34-49(35-39-51)23-17-15-21-47-30-26-45(27-31-47)19-13-11-9-7-5-2/h32-39,43-47H,4-31,40-42H2,1-3H3. The van der Waals surface area contributed by atoms with Crippen LogP contribution in [0.25, 0.3) is 0 Å². The molecule has 2 aromatic rings. The largest absolute Gasteiger partial charge is 0.374 e. The van der Waals surface area contributed by atoms with Crippen LogP contribution in [0.4, 0.5) is 0 Å². The molecule has 2 aliphatic carbocycles. The minimum atomic E-state index is 0.0837. The van der Waals surface area contributed by atoms with Gasteiger partial charge in [-0.05, 0) is 78.5 Å². The predicted molar refractivity (Wildman–Crippen MR) is 230 cm³/mol. The van der Waals surface area contributed by atoms with Crippen LogP contribution in [0, 0.1) is 23.7 Å². The second-order valence-electron chi connectivity index (χ2n) is 17.9. The van der Waals surface area contributed by atoms with Crippen molar-refractivity contribution in [1.82, 2.24) is 0 Å². The predicted octanol–water partition coefficient (Wildman–Crippen LogP) is 15.6. The van der Waals surface area contributed by atoms with E-state index >= 15 is 0 Å². The van der Waals surface area contributed by atoms with E-state index in [1.54, 1.807) is 0 Å². The first-order valence-corrected chi connectivity index (χ1v) is 23.5. The third kappa shape index (κ3) is 19.7. The molecule has 0 heterocycles. The van der Waals surface area contributed by atoms with Gasteiger partial charge < -0.3 is 9.47 Å². The van der Waals surface area contributed by atoms with Crippen LogP contribution in [0.5, 0.6) is 0 Å². The first-order chi connectivity index (χ1) is 26.1. The number of hydrogen-bond donors (Lipinski definition) is 0. The number of rotatable bonds is 29. The van der Waals surface area contributed by atoms with Crippen LogP contribution in [0.1, 0.15) is 210 Å². The molecule has 4 rings (SSSR count). The van der Waals surface area contributed by atoms with E-state index < -0.39 is 0 Å². The molecule has 0 aromatic heterocycles. The summed E-state index contributed by atoms with van der Waals surface area (Å²) < 4.78 is 12.2. The number of aryl methyl sites for hydroxylation is 2. The summed E-state index contributed by atoms with van der Waals surface area (Å²) in [4.78, 5) is 0. The lowest BCUT2D eigenvalue weighted by Gasteiger charge is -2.28. The van der Waals surface area contributed by atoms with E-state index in [4.69, 9.17) is 9.47 Å². The summed E-state index contributed by atoms with van der Waals surface area (Å²) in [6.07, 6.45) is 40.1. The van der Waals surface area contributed by atoms with Crippen LogP contribution in [0.3, 0.4) is 0 Å². The number of benzene rings is 2. The molecule has 53 heavy (non-hydrogen) atoms. The van der Waals surface area contributed by atoms with Crippen molar-refractivity contribution in [2.45, 2.75) is 220 Å².